The Labute approximate surface area is 180 Å². The molecule has 0 saturated heterocycles. The Hall–Kier alpha value is -2.05. The number of rotatable bonds is 6. The zero-order valence-corrected chi connectivity index (χ0v) is 19.2. The molecule has 0 aromatic heterocycles. The number of fused-ring (bicyclic) bond motifs is 1. The van der Waals surface area contributed by atoms with Crippen LogP contribution in [0.1, 0.15) is 56.6 Å². The van der Waals surface area contributed by atoms with Crippen LogP contribution >= 0.6 is 0 Å². The Balaban J connectivity index is 2.32. The highest BCUT2D eigenvalue weighted by Gasteiger charge is 2.49. The quantitative estimate of drug-likeness (QED) is 0.671. The van der Waals surface area contributed by atoms with Crippen molar-refractivity contribution in [3.63, 3.8) is 0 Å². The number of unbranched alkanes of at least 4 members (excludes halogenated alkanes) is 1. The molecule has 2 aromatic rings. The van der Waals surface area contributed by atoms with Gasteiger partial charge in [0.2, 0.25) is 0 Å². The zero-order chi connectivity index (χ0) is 22.1. The number of aliphatic hydroxyl groups excluding tert-OH is 1. The fraction of sp³-hybridized carbons (Fsp3) is 0.500. The third kappa shape index (κ3) is 4.08. The summed E-state index contributed by atoms with van der Waals surface area (Å²) >= 11 is 0. The molecule has 3 rings (SSSR count). The Morgan fingerprint density at radius 2 is 1.90 bits per heavy atom. The van der Waals surface area contributed by atoms with Crippen molar-refractivity contribution in [2.45, 2.75) is 56.4 Å². The van der Waals surface area contributed by atoms with Gasteiger partial charge in [-0.05, 0) is 54.3 Å². The molecule has 30 heavy (non-hydrogen) atoms. The average molecular weight is 431 g/mol. The van der Waals surface area contributed by atoms with Crippen LogP contribution in [0, 0.1) is 5.41 Å². The molecule has 0 aliphatic carbocycles. The first-order valence-corrected chi connectivity index (χ1v) is 12.4. The molecule has 0 saturated carbocycles. The highest BCUT2D eigenvalue weighted by molar-refractivity contribution is 7.91. The molecule has 3 N–H and O–H groups in total. The van der Waals surface area contributed by atoms with Crippen LogP contribution in [0.4, 0.5) is 11.4 Å². The highest BCUT2D eigenvalue weighted by Crippen LogP contribution is 2.49. The highest BCUT2D eigenvalue weighted by atomic mass is 32.2. The van der Waals surface area contributed by atoms with Gasteiger partial charge < -0.3 is 15.7 Å². The predicted molar refractivity (Wildman–Crippen MR) is 124 cm³/mol. The van der Waals surface area contributed by atoms with Crippen LogP contribution in [-0.4, -0.2) is 39.5 Å². The Bertz CT molecular complexity index is 1000. The van der Waals surface area contributed by atoms with Crippen molar-refractivity contribution in [1.82, 2.24) is 0 Å². The number of benzene rings is 2. The summed E-state index contributed by atoms with van der Waals surface area (Å²) in [6, 6.07) is 12.9. The van der Waals surface area contributed by atoms with E-state index in [1.807, 2.05) is 62.3 Å². The molecular weight excluding hydrogens is 396 g/mol. The van der Waals surface area contributed by atoms with Gasteiger partial charge in [0.15, 0.2) is 9.84 Å². The van der Waals surface area contributed by atoms with E-state index in [9.17, 15) is 13.5 Å². The fourth-order valence-electron chi connectivity index (χ4n) is 4.76. The Kier molecular flexibility index (Phi) is 6.48. The SMILES string of the molecule is CCCC[C@]1(CC)CS(=O)(=O)c2ccc(N(C)C)cc2[C@H](c2cccc(N)c2)[C@@H]1O. The molecule has 0 radical (unpaired) electrons. The van der Waals surface area contributed by atoms with Gasteiger partial charge in [-0.2, -0.15) is 0 Å². The molecule has 3 atom stereocenters. The number of aliphatic hydroxyl groups is 1. The predicted octanol–water partition coefficient (Wildman–Crippen LogP) is 4.20. The van der Waals surface area contributed by atoms with Crippen molar-refractivity contribution in [1.29, 1.82) is 0 Å². The molecular formula is C24H34N2O3S. The number of sulfone groups is 1. The first-order valence-electron chi connectivity index (χ1n) is 10.7. The van der Waals surface area contributed by atoms with Crippen LogP contribution < -0.4 is 10.6 Å². The topological polar surface area (TPSA) is 83.6 Å². The summed E-state index contributed by atoms with van der Waals surface area (Å²) in [4.78, 5) is 2.27. The Morgan fingerprint density at radius 1 is 1.17 bits per heavy atom. The van der Waals surface area contributed by atoms with Crippen molar-refractivity contribution in [2.75, 3.05) is 30.5 Å². The molecule has 5 nitrogen and oxygen atoms in total. The monoisotopic (exact) mass is 430 g/mol. The molecule has 2 aromatic carbocycles. The van der Waals surface area contributed by atoms with E-state index < -0.39 is 27.3 Å². The third-order valence-corrected chi connectivity index (χ3v) is 8.60. The molecule has 0 unspecified atom stereocenters. The van der Waals surface area contributed by atoms with Crippen LogP contribution in [0.3, 0.4) is 0 Å². The van der Waals surface area contributed by atoms with Crippen LogP contribution in [-0.2, 0) is 9.84 Å². The van der Waals surface area contributed by atoms with Gasteiger partial charge in [-0.3, -0.25) is 0 Å². The number of hydrogen-bond donors (Lipinski definition) is 2. The summed E-state index contributed by atoms with van der Waals surface area (Å²) in [5.41, 5.74) is 8.39. The Morgan fingerprint density at radius 3 is 2.50 bits per heavy atom. The van der Waals surface area contributed by atoms with Gasteiger partial charge in [0.25, 0.3) is 0 Å². The van der Waals surface area contributed by atoms with E-state index in [1.165, 1.54) is 0 Å². The summed E-state index contributed by atoms with van der Waals surface area (Å²) in [7, 11) is 0.289. The maximum absolute atomic E-state index is 13.6. The summed E-state index contributed by atoms with van der Waals surface area (Å²) in [5, 5.41) is 11.8. The van der Waals surface area contributed by atoms with Crippen LogP contribution in [0.25, 0.3) is 0 Å². The van der Waals surface area contributed by atoms with Gasteiger partial charge in [0.05, 0.1) is 16.8 Å². The molecule has 1 aliphatic heterocycles. The normalized spacial score (nSPS) is 25.4. The van der Waals surface area contributed by atoms with Crippen LogP contribution in [0.15, 0.2) is 47.4 Å². The van der Waals surface area contributed by atoms with Crippen molar-refractivity contribution in [3.8, 4) is 0 Å². The molecule has 164 valence electrons. The van der Waals surface area contributed by atoms with E-state index in [-0.39, 0.29) is 5.75 Å². The minimum atomic E-state index is -3.56. The molecule has 1 aliphatic rings. The van der Waals surface area contributed by atoms with E-state index in [0.29, 0.717) is 29.0 Å². The summed E-state index contributed by atoms with van der Waals surface area (Å²) < 4.78 is 27.1. The lowest BCUT2D eigenvalue weighted by atomic mass is 9.69. The van der Waals surface area contributed by atoms with Crippen molar-refractivity contribution >= 4 is 21.2 Å². The molecule has 0 spiro atoms. The van der Waals surface area contributed by atoms with Crippen molar-refractivity contribution in [2.24, 2.45) is 5.41 Å². The zero-order valence-electron chi connectivity index (χ0n) is 18.4. The number of nitrogens with two attached hydrogens (primary N) is 1. The maximum atomic E-state index is 13.6. The van der Waals surface area contributed by atoms with E-state index in [4.69, 9.17) is 5.73 Å². The van der Waals surface area contributed by atoms with E-state index in [0.717, 1.165) is 24.1 Å². The molecule has 1 heterocycles. The summed E-state index contributed by atoms with van der Waals surface area (Å²) in [6.45, 7) is 4.08. The maximum Gasteiger partial charge on any atom is 0.179 e. The summed E-state index contributed by atoms with van der Waals surface area (Å²) in [6.07, 6.45) is 2.27. The van der Waals surface area contributed by atoms with Crippen molar-refractivity contribution in [3.05, 3.63) is 53.6 Å². The third-order valence-electron chi connectivity index (χ3n) is 6.60. The van der Waals surface area contributed by atoms with E-state index >= 15 is 0 Å². The minimum absolute atomic E-state index is 0.0369. The van der Waals surface area contributed by atoms with E-state index in [2.05, 4.69) is 6.92 Å². The standard InChI is InChI=1S/C24H34N2O3S/c1-5-7-13-24(6-2)16-30(28,29)21-12-11-19(26(3)4)15-20(21)22(23(24)27)17-9-8-10-18(25)14-17/h8-12,14-15,22-23,27H,5-7,13,16,25H2,1-4H3/t22-,23-,24+/m0/s1. The smallest absolute Gasteiger partial charge is 0.179 e. The molecule has 0 amide bonds. The molecule has 0 fully saturated rings. The van der Waals surface area contributed by atoms with Gasteiger partial charge in [0, 0.05) is 36.8 Å². The lowest BCUT2D eigenvalue weighted by molar-refractivity contribution is 0.0174. The second-order valence-electron chi connectivity index (χ2n) is 8.79. The average Bonchev–Trinajstić information content (AvgIpc) is 2.77. The van der Waals surface area contributed by atoms with Gasteiger partial charge in [-0.15, -0.1) is 0 Å². The second-order valence-corrected chi connectivity index (χ2v) is 10.7. The van der Waals surface area contributed by atoms with Crippen LogP contribution in [0.5, 0.6) is 0 Å². The first-order chi connectivity index (χ1) is 14.1. The lowest BCUT2D eigenvalue weighted by Crippen LogP contribution is -2.42. The number of nitrogens with zero attached hydrogens (tertiary/aromatic N) is 1. The lowest BCUT2D eigenvalue weighted by Gasteiger charge is -2.39. The largest absolute Gasteiger partial charge is 0.399 e. The number of anilines is 2. The number of hydrogen-bond acceptors (Lipinski definition) is 5. The first kappa shape index (κ1) is 22.6. The number of nitrogen functional groups attached to an aromatic ring is 1. The summed E-state index contributed by atoms with van der Waals surface area (Å²) in [5.74, 6) is -0.498. The van der Waals surface area contributed by atoms with E-state index in [1.54, 1.807) is 6.07 Å². The van der Waals surface area contributed by atoms with Gasteiger partial charge in [-0.25, -0.2) is 8.42 Å². The van der Waals surface area contributed by atoms with Crippen LogP contribution in [0.2, 0.25) is 0 Å². The molecule has 6 heteroatoms. The van der Waals surface area contributed by atoms with Crippen molar-refractivity contribution < 1.29 is 13.5 Å². The fourth-order valence-corrected chi connectivity index (χ4v) is 7.01. The van der Waals surface area contributed by atoms with Gasteiger partial charge in [-0.1, -0.05) is 38.8 Å². The van der Waals surface area contributed by atoms with Gasteiger partial charge in [0.1, 0.15) is 0 Å². The second kappa shape index (κ2) is 8.60. The minimum Gasteiger partial charge on any atom is -0.399 e. The van der Waals surface area contributed by atoms with Gasteiger partial charge >= 0.3 is 0 Å². The molecule has 0 bridgehead atoms.